The van der Waals surface area contributed by atoms with E-state index < -0.39 is 0 Å². The summed E-state index contributed by atoms with van der Waals surface area (Å²) in [6.45, 7) is 2.52. The number of pyridine rings is 1. The Morgan fingerprint density at radius 1 is 1.36 bits per heavy atom. The van der Waals surface area contributed by atoms with E-state index in [0.29, 0.717) is 5.92 Å². The molecule has 0 saturated carbocycles. The maximum Gasteiger partial charge on any atom is 0.250 e. The molecule has 0 radical (unpaired) electrons. The summed E-state index contributed by atoms with van der Waals surface area (Å²) in [5.74, 6) is 0.601. The van der Waals surface area contributed by atoms with Gasteiger partial charge in [0.25, 0.3) is 5.56 Å². The number of nitrogens with zero attached hydrogens (tertiary/aromatic N) is 1. The standard InChI is InChI=1S/C11H15NO2/c13-11-3-1-2-6-12(11)9-10-4-7-14-8-5-10/h1-3,6,10H,4-5,7-9H2. The lowest BCUT2D eigenvalue weighted by atomic mass is 10.0. The zero-order chi connectivity index (χ0) is 9.80. The van der Waals surface area contributed by atoms with Crippen LogP contribution in [0.5, 0.6) is 0 Å². The predicted octanol–water partition coefficient (Wildman–Crippen LogP) is 1.27. The molecule has 1 saturated heterocycles. The third-order valence-corrected chi connectivity index (χ3v) is 2.69. The zero-order valence-corrected chi connectivity index (χ0v) is 8.19. The molecule has 1 aliphatic heterocycles. The summed E-state index contributed by atoms with van der Waals surface area (Å²) in [6, 6.07) is 5.29. The van der Waals surface area contributed by atoms with Gasteiger partial charge in [-0.1, -0.05) is 6.07 Å². The van der Waals surface area contributed by atoms with Crippen molar-refractivity contribution >= 4 is 0 Å². The highest BCUT2D eigenvalue weighted by Gasteiger charge is 2.14. The van der Waals surface area contributed by atoms with E-state index in [1.54, 1.807) is 16.7 Å². The van der Waals surface area contributed by atoms with Gasteiger partial charge in [-0.05, 0) is 24.8 Å². The highest BCUT2D eigenvalue weighted by molar-refractivity contribution is 4.93. The molecule has 3 heteroatoms. The predicted molar refractivity (Wildman–Crippen MR) is 54.2 cm³/mol. The summed E-state index contributed by atoms with van der Waals surface area (Å²) >= 11 is 0. The molecule has 14 heavy (non-hydrogen) atoms. The summed E-state index contributed by atoms with van der Waals surface area (Å²) in [5.41, 5.74) is 0.0963. The first kappa shape index (κ1) is 9.46. The van der Waals surface area contributed by atoms with Crippen LogP contribution in [-0.4, -0.2) is 17.8 Å². The van der Waals surface area contributed by atoms with Gasteiger partial charge in [0, 0.05) is 32.0 Å². The molecule has 0 aliphatic carbocycles. The van der Waals surface area contributed by atoms with Crippen LogP contribution in [-0.2, 0) is 11.3 Å². The van der Waals surface area contributed by atoms with Crippen LogP contribution in [0.25, 0.3) is 0 Å². The maximum absolute atomic E-state index is 11.4. The Morgan fingerprint density at radius 3 is 2.86 bits per heavy atom. The van der Waals surface area contributed by atoms with Crippen LogP contribution in [0, 0.1) is 5.92 Å². The Hall–Kier alpha value is -1.09. The summed E-state index contributed by atoms with van der Waals surface area (Å²) in [5, 5.41) is 0. The lowest BCUT2D eigenvalue weighted by molar-refractivity contribution is 0.0609. The third kappa shape index (κ3) is 2.23. The Balaban J connectivity index is 2.03. The Labute approximate surface area is 83.3 Å². The highest BCUT2D eigenvalue weighted by Crippen LogP contribution is 2.15. The molecule has 0 bridgehead atoms. The molecule has 1 aliphatic rings. The Bertz CT molecular complexity index is 339. The van der Waals surface area contributed by atoms with Crippen molar-refractivity contribution in [2.45, 2.75) is 19.4 Å². The van der Waals surface area contributed by atoms with Crippen LogP contribution in [0.4, 0.5) is 0 Å². The van der Waals surface area contributed by atoms with Gasteiger partial charge in [-0.25, -0.2) is 0 Å². The van der Waals surface area contributed by atoms with E-state index in [4.69, 9.17) is 4.74 Å². The van der Waals surface area contributed by atoms with E-state index in [9.17, 15) is 4.79 Å². The molecule has 3 nitrogen and oxygen atoms in total. The van der Waals surface area contributed by atoms with Crippen molar-refractivity contribution in [1.82, 2.24) is 4.57 Å². The molecule has 1 aromatic rings. The van der Waals surface area contributed by atoms with E-state index in [1.165, 1.54) is 0 Å². The van der Waals surface area contributed by atoms with E-state index in [-0.39, 0.29) is 5.56 Å². The second kappa shape index (κ2) is 4.42. The molecule has 0 unspecified atom stereocenters. The van der Waals surface area contributed by atoms with Crippen molar-refractivity contribution in [2.75, 3.05) is 13.2 Å². The summed E-state index contributed by atoms with van der Waals surface area (Å²) in [6.07, 6.45) is 4.00. The van der Waals surface area contributed by atoms with Crippen molar-refractivity contribution in [3.8, 4) is 0 Å². The summed E-state index contributed by atoms with van der Waals surface area (Å²) in [7, 11) is 0. The molecule has 0 spiro atoms. The molecule has 1 aromatic heterocycles. The highest BCUT2D eigenvalue weighted by atomic mass is 16.5. The van der Waals surface area contributed by atoms with E-state index in [0.717, 1.165) is 32.6 Å². The average molecular weight is 193 g/mol. The number of hydrogen-bond donors (Lipinski definition) is 0. The van der Waals surface area contributed by atoms with E-state index in [2.05, 4.69) is 0 Å². The van der Waals surface area contributed by atoms with Gasteiger partial charge in [0.2, 0.25) is 0 Å². The van der Waals surface area contributed by atoms with Gasteiger partial charge >= 0.3 is 0 Å². The fraction of sp³-hybridized carbons (Fsp3) is 0.545. The molecular weight excluding hydrogens is 178 g/mol. The molecule has 0 N–H and O–H groups in total. The molecule has 1 fully saturated rings. The van der Waals surface area contributed by atoms with Crippen molar-refractivity contribution in [3.05, 3.63) is 34.7 Å². The quantitative estimate of drug-likeness (QED) is 0.708. The molecular formula is C11H15NO2. The third-order valence-electron chi connectivity index (χ3n) is 2.69. The van der Waals surface area contributed by atoms with Gasteiger partial charge in [0.15, 0.2) is 0 Å². The van der Waals surface area contributed by atoms with E-state index in [1.807, 2.05) is 12.3 Å². The first-order chi connectivity index (χ1) is 6.86. The Kier molecular flexibility index (Phi) is 2.99. The first-order valence-electron chi connectivity index (χ1n) is 5.09. The van der Waals surface area contributed by atoms with Gasteiger partial charge in [0.1, 0.15) is 0 Å². The van der Waals surface area contributed by atoms with Gasteiger partial charge in [-0.15, -0.1) is 0 Å². The van der Waals surface area contributed by atoms with Gasteiger partial charge < -0.3 is 9.30 Å². The molecule has 2 rings (SSSR count). The maximum atomic E-state index is 11.4. The zero-order valence-electron chi connectivity index (χ0n) is 8.19. The molecule has 76 valence electrons. The smallest absolute Gasteiger partial charge is 0.250 e. The summed E-state index contributed by atoms with van der Waals surface area (Å²) < 4.78 is 7.07. The largest absolute Gasteiger partial charge is 0.381 e. The minimum Gasteiger partial charge on any atom is -0.381 e. The Morgan fingerprint density at radius 2 is 2.14 bits per heavy atom. The number of aromatic nitrogens is 1. The van der Waals surface area contributed by atoms with Crippen LogP contribution in [0.15, 0.2) is 29.2 Å². The molecule has 0 aromatic carbocycles. The molecule has 0 atom stereocenters. The average Bonchev–Trinajstić information content (AvgIpc) is 2.23. The fourth-order valence-electron chi connectivity index (χ4n) is 1.82. The van der Waals surface area contributed by atoms with Crippen molar-refractivity contribution in [3.63, 3.8) is 0 Å². The number of hydrogen-bond acceptors (Lipinski definition) is 2. The molecule has 2 heterocycles. The lowest BCUT2D eigenvalue weighted by Crippen LogP contribution is -2.26. The lowest BCUT2D eigenvalue weighted by Gasteiger charge is -2.22. The van der Waals surface area contributed by atoms with Crippen LogP contribution in [0.2, 0.25) is 0 Å². The second-order valence-corrected chi connectivity index (χ2v) is 3.75. The van der Waals surface area contributed by atoms with Gasteiger partial charge in [-0.2, -0.15) is 0 Å². The SMILES string of the molecule is O=c1ccccn1CC1CCOCC1. The normalized spacial score (nSPS) is 18.3. The fourth-order valence-corrected chi connectivity index (χ4v) is 1.82. The topological polar surface area (TPSA) is 31.2 Å². The van der Waals surface area contributed by atoms with E-state index >= 15 is 0 Å². The summed E-state index contributed by atoms with van der Waals surface area (Å²) in [4.78, 5) is 11.4. The van der Waals surface area contributed by atoms with Crippen LogP contribution in [0.1, 0.15) is 12.8 Å². The minimum absolute atomic E-state index is 0.0963. The first-order valence-corrected chi connectivity index (χ1v) is 5.09. The van der Waals surface area contributed by atoms with Crippen LogP contribution in [0.3, 0.4) is 0 Å². The number of ether oxygens (including phenoxy) is 1. The second-order valence-electron chi connectivity index (χ2n) is 3.75. The van der Waals surface area contributed by atoms with Crippen molar-refractivity contribution in [1.29, 1.82) is 0 Å². The molecule has 0 amide bonds. The van der Waals surface area contributed by atoms with Crippen molar-refractivity contribution < 1.29 is 4.74 Å². The van der Waals surface area contributed by atoms with Crippen LogP contribution >= 0.6 is 0 Å². The minimum atomic E-state index is 0.0963. The van der Waals surface area contributed by atoms with Gasteiger partial charge in [0.05, 0.1) is 0 Å². The van der Waals surface area contributed by atoms with Gasteiger partial charge in [-0.3, -0.25) is 4.79 Å². The number of rotatable bonds is 2. The monoisotopic (exact) mass is 193 g/mol. The van der Waals surface area contributed by atoms with Crippen molar-refractivity contribution in [2.24, 2.45) is 5.92 Å². The van der Waals surface area contributed by atoms with Crippen LogP contribution < -0.4 is 5.56 Å².